The summed E-state index contributed by atoms with van der Waals surface area (Å²) in [4.78, 5) is 0.387. The van der Waals surface area contributed by atoms with Crippen LogP contribution < -0.4 is 10.0 Å². The molecule has 18 heavy (non-hydrogen) atoms. The number of sulfonamides is 1. The fourth-order valence-electron chi connectivity index (χ4n) is 2.42. The Bertz CT molecular complexity index is 568. The molecule has 5 heteroatoms. The van der Waals surface area contributed by atoms with E-state index in [1.807, 2.05) is 6.07 Å². The van der Waals surface area contributed by atoms with E-state index in [0.717, 1.165) is 25.1 Å². The van der Waals surface area contributed by atoms with Crippen LogP contribution in [0.5, 0.6) is 0 Å². The van der Waals surface area contributed by atoms with Crippen LogP contribution in [0.15, 0.2) is 23.1 Å². The van der Waals surface area contributed by atoms with Gasteiger partial charge in [0, 0.05) is 19.6 Å². The topological polar surface area (TPSA) is 58.2 Å². The lowest BCUT2D eigenvalue weighted by Crippen LogP contribution is -2.26. The van der Waals surface area contributed by atoms with Crippen LogP contribution in [0.25, 0.3) is 0 Å². The second-order valence-corrected chi connectivity index (χ2v) is 7.13. The zero-order valence-electron chi connectivity index (χ0n) is 10.4. The number of hydrogen-bond donors (Lipinski definition) is 2. The van der Waals surface area contributed by atoms with Crippen molar-refractivity contribution in [2.24, 2.45) is 11.8 Å². The second kappa shape index (κ2) is 4.33. The van der Waals surface area contributed by atoms with E-state index < -0.39 is 10.0 Å². The van der Waals surface area contributed by atoms with Crippen molar-refractivity contribution in [1.29, 1.82) is 0 Å². The highest BCUT2D eigenvalue weighted by atomic mass is 32.2. The molecule has 0 spiro atoms. The van der Waals surface area contributed by atoms with Crippen LogP contribution in [0.1, 0.15) is 24.5 Å². The maximum Gasteiger partial charge on any atom is 0.240 e. The second-order valence-electron chi connectivity index (χ2n) is 5.36. The van der Waals surface area contributed by atoms with Gasteiger partial charge in [0.1, 0.15) is 0 Å². The molecule has 1 aromatic rings. The normalized spacial score (nSPS) is 26.1. The lowest BCUT2D eigenvalue weighted by molar-refractivity contribution is 0.574. The fraction of sp³-hybridized carbons (Fsp3) is 0.538. The van der Waals surface area contributed by atoms with E-state index in [-0.39, 0.29) is 0 Å². The summed E-state index contributed by atoms with van der Waals surface area (Å²) in [6.07, 6.45) is 1.14. The van der Waals surface area contributed by atoms with Crippen molar-refractivity contribution in [2.45, 2.75) is 31.3 Å². The molecule has 0 aromatic heterocycles. The average Bonchev–Trinajstić information content (AvgIpc) is 2.87. The standard InChI is InChI=1S/C13H18N2O2S/c1-9-4-11(9)8-15-18(16,17)13-3-2-10-6-14-7-12(10)5-13/h2-3,5,9,11,14-15H,4,6-8H2,1H3. The number of nitrogens with one attached hydrogen (secondary N) is 2. The number of rotatable bonds is 4. The molecule has 2 atom stereocenters. The summed E-state index contributed by atoms with van der Waals surface area (Å²) in [6, 6.07) is 5.39. The molecule has 1 fully saturated rings. The van der Waals surface area contributed by atoms with Crippen molar-refractivity contribution < 1.29 is 8.42 Å². The Morgan fingerprint density at radius 1 is 1.33 bits per heavy atom. The van der Waals surface area contributed by atoms with Crippen molar-refractivity contribution in [1.82, 2.24) is 10.0 Å². The molecule has 2 aliphatic rings. The van der Waals surface area contributed by atoms with E-state index in [2.05, 4.69) is 17.0 Å². The molecule has 0 bridgehead atoms. The third kappa shape index (κ3) is 2.30. The SMILES string of the molecule is CC1CC1CNS(=O)(=O)c1ccc2c(c1)CNC2. The van der Waals surface area contributed by atoms with Gasteiger partial charge < -0.3 is 5.32 Å². The summed E-state index contributed by atoms with van der Waals surface area (Å²) in [6.45, 7) is 4.32. The maximum atomic E-state index is 12.1. The molecule has 1 saturated carbocycles. The first-order valence-corrected chi connectivity index (χ1v) is 7.87. The average molecular weight is 266 g/mol. The molecule has 2 unspecified atom stereocenters. The van der Waals surface area contributed by atoms with E-state index in [0.29, 0.717) is 23.3 Å². The summed E-state index contributed by atoms with van der Waals surface area (Å²) in [5.41, 5.74) is 2.29. The van der Waals surface area contributed by atoms with Crippen LogP contribution >= 0.6 is 0 Å². The number of hydrogen-bond acceptors (Lipinski definition) is 3. The zero-order valence-corrected chi connectivity index (χ0v) is 11.3. The molecule has 1 aliphatic heterocycles. The van der Waals surface area contributed by atoms with Crippen LogP contribution in [0.3, 0.4) is 0 Å². The Balaban J connectivity index is 1.76. The van der Waals surface area contributed by atoms with Gasteiger partial charge in [-0.25, -0.2) is 13.1 Å². The van der Waals surface area contributed by atoms with Crippen molar-refractivity contribution in [2.75, 3.05) is 6.54 Å². The van der Waals surface area contributed by atoms with Gasteiger partial charge in [-0.2, -0.15) is 0 Å². The van der Waals surface area contributed by atoms with Crippen LogP contribution in [0.2, 0.25) is 0 Å². The molecule has 2 N–H and O–H groups in total. The minimum Gasteiger partial charge on any atom is -0.309 e. The molecule has 98 valence electrons. The summed E-state index contributed by atoms with van der Waals surface area (Å²) in [7, 11) is -3.34. The lowest BCUT2D eigenvalue weighted by atomic mass is 10.1. The van der Waals surface area contributed by atoms with Gasteiger partial charge in [-0.05, 0) is 41.5 Å². The zero-order chi connectivity index (χ0) is 12.8. The molecule has 0 saturated heterocycles. The smallest absolute Gasteiger partial charge is 0.240 e. The predicted octanol–water partition coefficient (Wildman–Crippen LogP) is 1.22. The molecular formula is C13H18N2O2S. The van der Waals surface area contributed by atoms with Gasteiger partial charge in [-0.3, -0.25) is 0 Å². The Labute approximate surface area is 108 Å². The molecule has 3 rings (SSSR count). The first kappa shape index (κ1) is 12.1. The molecular weight excluding hydrogens is 248 g/mol. The Kier molecular flexibility index (Phi) is 2.92. The molecule has 4 nitrogen and oxygen atoms in total. The van der Waals surface area contributed by atoms with Crippen LogP contribution in [-0.2, 0) is 23.1 Å². The van der Waals surface area contributed by atoms with E-state index in [1.165, 1.54) is 5.56 Å². The minimum atomic E-state index is -3.34. The van der Waals surface area contributed by atoms with E-state index >= 15 is 0 Å². The summed E-state index contributed by atoms with van der Waals surface area (Å²) in [5, 5.41) is 3.22. The minimum absolute atomic E-state index is 0.387. The summed E-state index contributed by atoms with van der Waals surface area (Å²) >= 11 is 0. The van der Waals surface area contributed by atoms with Crippen LogP contribution in [-0.4, -0.2) is 15.0 Å². The number of benzene rings is 1. The van der Waals surface area contributed by atoms with Gasteiger partial charge in [0.15, 0.2) is 0 Å². The highest BCUT2D eigenvalue weighted by molar-refractivity contribution is 7.89. The molecule has 1 aliphatic carbocycles. The quantitative estimate of drug-likeness (QED) is 0.861. The van der Waals surface area contributed by atoms with Crippen molar-refractivity contribution in [3.63, 3.8) is 0 Å². The monoisotopic (exact) mass is 266 g/mol. The Morgan fingerprint density at radius 3 is 2.78 bits per heavy atom. The lowest BCUT2D eigenvalue weighted by Gasteiger charge is -2.07. The van der Waals surface area contributed by atoms with Gasteiger partial charge in [-0.1, -0.05) is 13.0 Å². The summed E-state index contributed by atoms with van der Waals surface area (Å²) < 4.78 is 27.0. The molecule has 0 radical (unpaired) electrons. The van der Waals surface area contributed by atoms with Crippen molar-refractivity contribution in [3.05, 3.63) is 29.3 Å². The van der Waals surface area contributed by atoms with E-state index in [4.69, 9.17) is 0 Å². The Hall–Kier alpha value is -0.910. The maximum absolute atomic E-state index is 12.1. The van der Waals surface area contributed by atoms with Crippen molar-refractivity contribution >= 4 is 10.0 Å². The highest BCUT2D eigenvalue weighted by Crippen LogP contribution is 2.37. The van der Waals surface area contributed by atoms with Gasteiger partial charge in [0.05, 0.1) is 4.90 Å². The van der Waals surface area contributed by atoms with Crippen LogP contribution in [0.4, 0.5) is 0 Å². The third-order valence-electron chi connectivity index (χ3n) is 3.93. The molecule has 1 aromatic carbocycles. The van der Waals surface area contributed by atoms with Crippen LogP contribution in [0, 0.1) is 11.8 Å². The Morgan fingerprint density at radius 2 is 2.06 bits per heavy atom. The van der Waals surface area contributed by atoms with Crippen molar-refractivity contribution in [3.8, 4) is 0 Å². The first-order chi connectivity index (χ1) is 8.56. The van der Waals surface area contributed by atoms with Gasteiger partial charge in [0.2, 0.25) is 10.0 Å². The number of fused-ring (bicyclic) bond motifs is 1. The van der Waals surface area contributed by atoms with Gasteiger partial charge >= 0.3 is 0 Å². The van der Waals surface area contributed by atoms with E-state index in [1.54, 1.807) is 12.1 Å². The largest absolute Gasteiger partial charge is 0.309 e. The van der Waals surface area contributed by atoms with E-state index in [9.17, 15) is 8.42 Å². The third-order valence-corrected chi connectivity index (χ3v) is 5.35. The highest BCUT2D eigenvalue weighted by Gasteiger charge is 2.33. The first-order valence-electron chi connectivity index (χ1n) is 6.38. The summed E-state index contributed by atoms with van der Waals surface area (Å²) in [5.74, 6) is 1.19. The molecule has 0 amide bonds. The van der Waals surface area contributed by atoms with Gasteiger partial charge in [0.25, 0.3) is 0 Å². The molecule has 1 heterocycles. The predicted molar refractivity (Wildman–Crippen MR) is 69.4 cm³/mol. The van der Waals surface area contributed by atoms with Gasteiger partial charge in [-0.15, -0.1) is 0 Å². The fourth-order valence-corrected chi connectivity index (χ4v) is 3.57.